The molecule has 0 atom stereocenters. The molecule has 1 saturated heterocycles. The molecule has 1 N–H and O–H groups in total. The summed E-state index contributed by atoms with van der Waals surface area (Å²) in [5.41, 5.74) is 2.40. The number of hydrogen-bond donors (Lipinski definition) is 1. The summed E-state index contributed by atoms with van der Waals surface area (Å²) in [4.78, 5) is 2.22. The Balaban J connectivity index is 2.05. The summed E-state index contributed by atoms with van der Waals surface area (Å²) in [5, 5.41) is 0. The zero-order valence-electron chi connectivity index (χ0n) is 10.0. The molecule has 1 heterocycles. The first-order chi connectivity index (χ1) is 8.07. The van der Waals surface area contributed by atoms with E-state index in [0.29, 0.717) is 13.0 Å². The van der Waals surface area contributed by atoms with Gasteiger partial charge < -0.3 is 4.90 Å². The second-order valence-corrected chi connectivity index (χ2v) is 6.32. The van der Waals surface area contributed by atoms with E-state index in [4.69, 9.17) is 0 Å². The summed E-state index contributed by atoms with van der Waals surface area (Å²) in [6.45, 7) is 4.06. The van der Waals surface area contributed by atoms with Gasteiger partial charge in [0.05, 0.1) is 5.75 Å². The minimum atomic E-state index is -3.03. The molecule has 0 spiro atoms. The van der Waals surface area contributed by atoms with Gasteiger partial charge in [-0.25, -0.2) is 13.1 Å². The Morgan fingerprint density at radius 1 is 1.18 bits per heavy atom. The number of aryl methyl sites for hydroxylation is 1. The average molecular weight is 254 g/mol. The lowest BCUT2D eigenvalue weighted by atomic mass is 10.2. The van der Waals surface area contributed by atoms with Crippen molar-refractivity contribution in [2.75, 3.05) is 30.3 Å². The first kappa shape index (κ1) is 12.4. The molecule has 1 aliphatic heterocycles. The van der Waals surface area contributed by atoms with Crippen molar-refractivity contribution >= 4 is 15.7 Å². The second-order valence-electron chi connectivity index (χ2n) is 4.39. The van der Waals surface area contributed by atoms with Gasteiger partial charge in [-0.1, -0.05) is 17.7 Å². The third-order valence-corrected chi connectivity index (χ3v) is 4.41. The quantitative estimate of drug-likeness (QED) is 0.817. The van der Waals surface area contributed by atoms with Gasteiger partial charge in [0.25, 0.3) is 0 Å². The third kappa shape index (κ3) is 3.44. The zero-order valence-corrected chi connectivity index (χ0v) is 10.8. The number of nitrogens with zero attached hydrogens (tertiary/aromatic N) is 1. The molecule has 1 aromatic carbocycles. The van der Waals surface area contributed by atoms with Crippen molar-refractivity contribution in [3.05, 3.63) is 29.8 Å². The molecule has 4 nitrogen and oxygen atoms in total. The Bertz CT molecular complexity index is 452. The van der Waals surface area contributed by atoms with Gasteiger partial charge in [-0.2, -0.15) is 0 Å². The monoisotopic (exact) mass is 254 g/mol. The van der Waals surface area contributed by atoms with Crippen LogP contribution in [0.1, 0.15) is 12.0 Å². The topological polar surface area (TPSA) is 49.4 Å². The number of benzene rings is 1. The van der Waals surface area contributed by atoms with Crippen molar-refractivity contribution < 1.29 is 8.42 Å². The predicted octanol–water partition coefficient (Wildman–Crippen LogP) is 1.12. The van der Waals surface area contributed by atoms with Crippen molar-refractivity contribution in [3.8, 4) is 0 Å². The van der Waals surface area contributed by atoms with Gasteiger partial charge in [-0.15, -0.1) is 0 Å². The molecule has 1 fully saturated rings. The van der Waals surface area contributed by atoms with Crippen LogP contribution in [0, 0.1) is 6.92 Å². The van der Waals surface area contributed by atoms with Gasteiger partial charge >= 0.3 is 0 Å². The Labute approximate surface area is 103 Å². The van der Waals surface area contributed by atoms with Crippen LogP contribution in [0.25, 0.3) is 0 Å². The van der Waals surface area contributed by atoms with Crippen molar-refractivity contribution in [1.82, 2.24) is 4.72 Å². The van der Waals surface area contributed by atoms with Gasteiger partial charge in [0.1, 0.15) is 0 Å². The van der Waals surface area contributed by atoms with Crippen LogP contribution in [0.5, 0.6) is 0 Å². The molecule has 17 heavy (non-hydrogen) atoms. The normalized spacial score (nSPS) is 20.6. The molecule has 0 unspecified atom stereocenters. The van der Waals surface area contributed by atoms with E-state index in [1.54, 1.807) is 0 Å². The number of rotatable bonds is 1. The summed E-state index contributed by atoms with van der Waals surface area (Å²) in [6.07, 6.45) is 0.670. The summed E-state index contributed by atoms with van der Waals surface area (Å²) in [5.74, 6) is 0.218. The molecule has 1 aromatic rings. The lowest BCUT2D eigenvalue weighted by Crippen LogP contribution is -2.40. The van der Waals surface area contributed by atoms with Crippen LogP contribution in [0.2, 0.25) is 0 Å². The smallest absolute Gasteiger partial charge is 0.211 e. The number of sulfonamides is 1. The first-order valence-corrected chi connectivity index (χ1v) is 7.51. The van der Waals surface area contributed by atoms with Crippen molar-refractivity contribution in [2.24, 2.45) is 0 Å². The van der Waals surface area contributed by atoms with E-state index in [1.807, 2.05) is 0 Å². The molecule has 0 radical (unpaired) electrons. The molecular weight excluding hydrogens is 236 g/mol. The van der Waals surface area contributed by atoms with E-state index in [2.05, 4.69) is 40.8 Å². The fourth-order valence-corrected chi connectivity index (χ4v) is 3.04. The van der Waals surface area contributed by atoms with Crippen LogP contribution < -0.4 is 9.62 Å². The van der Waals surface area contributed by atoms with E-state index in [1.165, 1.54) is 5.56 Å². The molecule has 2 rings (SSSR count). The molecule has 0 saturated carbocycles. The highest BCUT2D eigenvalue weighted by Crippen LogP contribution is 2.16. The molecule has 94 valence electrons. The lowest BCUT2D eigenvalue weighted by Gasteiger charge is -2.27. The van der Waals surface area contributed by atoms with Crippen LogP contribution in [-0.4, -0.2) is 33.8 Å². The van der Waals surface area contributed by atoms with Gasteiger partial charge in [0.15, 0.2) is 0 Å². The standard InChI is InChI=1S/C12H18N2O2S/c1-11-3-5-12(6-4-11)14-8-2-10-17(15,16)13-7-9-14/h3-6,13H,2,7-10H2,1H3. The van der Waals surface area contributed by atoms with Gasteiger partial charge in [0, 0.05) is 25.3 Å². The van der Waals surface area contributed by atoms with Crippen molar-refractivity contribution in [1.29, 1.82) is 0 Å². The average Bonchev–Trinajstić information content (AvgIpc) is 2.25. The van der Waals surface area contributed by atoms with Gasteiger partial charge in [0.2, 0.25) is 10.0 Å². The summed E-state index contributed by atoms with van der Waals surface area (Å²) >= 11 is 0. The Kier molecular flexibility index (Phi) is 3.69. The molecule has 5 heteroatoms. The largest absolute Gasteiger partial charge is 0.370 e. The van der Waals surface area contributed by atoms with E-state index in [-0.39, 0.29) is 5.75 Å². The highest BCUT2D eigenvalue weighted by Gasteiger charge is 2.16. The number of hydrogen-bond acceptors (Lipinski definition) is 3. The maximum atomic E-state index is 11.4. The minimum Gasteiger partial charge on any atom is -0.370 e. The molecule has 0 bridgehead atoms. The number of nitrogens with one attached hydrogen (secondary N) is 1. The maximum Gasteiger partial charge on any atom is 0.211 e. The summed E-state index contributed by atoms with van der Waals surface area (Å²) in [6, 6.07) is 8.34. The second kappa shape index (κ2) is 5.06. The predicted molar refractivity (Wildman–Crippen MR) is 69.8 cm³/mol. The molecule has 0 aromatic heterocycles. The van der Waals surface area contributed by atoms with Crippen LogP contribution >= 0.6 is 0 Å². The van der Waals surface area contributed by atoms with Gasteiger partial charge in [-0.3, -0.25) is 0 Å². The van der Waals surface area contributed by atoms with E-state index in [9.17, 15) is 8.42 Å². The molecule has 1 aliphatic rings. The Hall–Kier alpha value is -1.07. The Morgan fingerprint density at radius 2 is 1.88 bits per heavy atom. The minimum absolute atomic E-state index is 0.218. The fraction of sp³-hybridized carbons (Fsp3) is 0.500. The highest BCUT2D eigenvalue weighted by atomic mass is 32.2. The highest BCUT2D eigenvalue weighted by molar-refractivity contribution is 7.89. The molecule has 0 aliphatic carbocycles. The van der Waals surface area contributed by atoms with E-state index in [0.717, 1.165) is 18.8 Å². The molecular formula is C12H18N2O2S. The van der Waals surface area contributed by atoms with Crippen LogP contribution in [0.4, 0.5) is 5.69 Å². The SMILES string of the molecule is Cc1ccc(N2CCCS(=O)(=O)NCC2)cc1. The fourth-order valence-electron chi connectivity index (χ4n) is 1.98. The lowest BCUT2D eigenvalue weighted by molar-refractivity contribution is 0.570. The first-order valence-electron chi connectivity index (χ1n) is 5.86. The summed E-state index contributed by atoms with van der Waals surface area (Å²) < 4.78 is 25.4. The van der Waals surface area contributed by atoms with E-state index >= 15 is 0 Å². The molecule has 0 amide bonds. The van der Waals surface area contributed by atoms with Crippen LogP contribution in [-0.2, 0) is 10.0 Å². The summed E-state index contributed by atoms with van der Waals surface area (Å²) in [7, 11) is -3.03. The number of anilines is 1. The van der Waals surface area contributed by atoms with Crippen LogP contribution in [0.15, 0.2) is 24.3 Å². The van der Waals surface area contributed by atoms with Crippen molar-refractivity contribution in [2.45, 2.75) is 13.3 Å². The van der Waals surface area contributed by atoms with Gasteiger partial charge in [-0.05, 0) is 25.5 Å². The maximum absolute atomic E-state index is 11.4. The Morgan fingerprint density at radius 3 is 2.59 bits per heavy atom. The third-order valence-electron chi connectivity index (χ3n) is 2.94. The van der Waals surface area contributed by atoms with Crippen LogP contribution in [0.3, 0.4) is 0 Å². The van der Waals surface area contributed by atoms with E-state index < -0.39 is 10.0 Å². The van der Waals surface area contributed by atoms with Crippen molar-refractivity contribution in [3.63, 3.8) is 0 Å². The zero-order chi connectivity index (χ0) is 12.3.